The maximum atomic E-state index is 12.8. The molecule has 0 aromatic carbocycles. The monoisotopic (exact) mass is 467 g/mol. The van der Waals surface area contributed by atoms with Crippen LogP contribution in [-0.4, -0.2) is 52.4 Å². The van der Waals surface area contributed by atoms with Gasteiger partial charge in [0.15, 0.2) is 0 Å². The second-order valence-corrected chi connectivity index (χ2v) is 11.3. The van der Waals surface area contributed by atoms with E-state index in [1.807, 2.05) is 26.0 Å². The van der Waals surface area contributed by atoms with Gasteiger partial charge in [0.2, 0.25) is 11.8 Å². The number of pyridine rings is 1. The lowest BCUT2D eigenvalue weighted by atomic mass is 9.53. The third-order valence-corrected chi connectivity index (χ3v) is 8.65. The maximum absolute atomic E-state index is 12.8. The standard InChI is InChI=1S/C26H37N5O3/c1-16-3-6-27-22(9-16)28-24(33)21-4-7-31(8-5-21)17(2)23(32)29-25(34)30-26-13-18-10-19(14-26)12-20(11-18)15-26/h3,6,9,17-21H,4-5,7-8,10-15H2,1-2H3,(H,27,28,33)(H2,29,30,32,34). The molecule has 6 rings (SSSR count). The van der Waals surface area contributed by atoms with E-state index in [1.165, 1.54) is 19.3 Å². The number of aromatic nitrogens is 1. The minimum absolute atomic E-state index is 0.0233. The van der Waals surface area contributed by atoms with E-state index in [0.717, 1.165) is 42.6 Å². The van der Waals surface area contributed by atoms with Gasteiger partial charge in [-0.15, -0.1) is 0 Å². The molecular weight excluding hydrogens is 430 g/mol. The van der Waals surface area contributed by atoms with Gasteiger partial charge < -0.3 is 10.6 Å². The summed E-state index contributed by atoms with van der Waals surface area (Å²) in [5, 5.41) is 8.73. The van der Waals surface area contributed by atoms with Gasteiger partial charge in [-0.3, -0.25) is 19.8 Å². The third kappa shape index (κ3) is 4.97. The molecule has 4 saturated carbocycles. The molecule has 5 aliphatic rings. The first-order valence-electron chi connectivity index (χ1n) is 12.9. The Morgan fingerprint density at radius 3 is 2.26 bits per heavy atom. The molecule has 1 aromatic rings. The molecule has 34 heavy (non-hydrogen) atoms. The Kier molecular flexibility index (Phi) is 6.35. The number of amides is 4. The highest BCUT2D eigenvalue weighted by atomic mass is 16.2. The summed E-state index contributed by atoms with van der Waals surface area (Å²) in [6.07, 6.45) is 10.2. The van der Waals surface area contributed by atoms with Crippen molar-refractivity contribution in [2.45, 2.75) is 76.8 Å². The van der Waals surface area contributed by atoms with Gasteiger partial charge in [0.05, 0.1) is 6.04 Å². The number of nitrogens with zero attached hydrogens (tertiary/aromatic N) is 2. The molecule has 8 heteroatoms. The van der Waals surface area contributed by atoms with Crippen LogP contribution in [0.5, 0.6) is 0 Å². The van der Waals surface area contributed by atoms with E-state index >= 15 is 0 Å². The summed E-state index contributed by atoms with van der Waals surface area (Å²) in [6, 6.07) is 2.99. The normalized spacial score (nSPS) is 31.6. The molecule has 1 aromatic heterocycles. The lowest BCUT2D eigenvalue weighted by molar-refractivity contribution is -0.126. The number of likely N-dealkylation sites (tertiary alicyclic amines) is 1. The van der Waals surface area contributed by atoms with Gasteiger partial charge >= 0.3 is 6.03 Å². The Balaban J connectivity index is 1.08. The Hall–Kier alpha value is -2.48. The predicted molar refractivity (Wildman–Crippen MR) is 129 cm³/mol. The molecule has 1 saturated heterocycles. The first-order valence-corrected chi connectivity index (χ1v) is 12.9. The van der Waals surface area contributed by atoms with Crippen LogP contribution in [0.15, 0.2) is 18.3 Å². The van der Waals surface area contributed by atoms with Gasteiger partial charge in [-0.1, -0.05) is 0 Å². The van der Waals surface area contributed by atoms with Crippen molar-refractivity contribution in [1.29, 1.82) is 0 Å². The molecule has 3 N–H and O–H groups in total. The van der Waals surface area contributed by atoms with Crippen molar-refractivity contribution in [3.05, 3.63) is 23.9 Å². The molecule has 0 spiro atoms. The van der Waals surface area contributed by atoms with Crippen LogP contribution in [0, 0.1) is 30.6 Å². The zero-order valence-electron chi connectivity index (χ0n) is 20.3. The molecule has 2 heterocycles. The van der Waals surface area contributed by atoms with Crippen LogP contribution < -0.4 is 16.0 Å². The quantitative estimate of drug-likeness (QED) is 0.617. The van der Waals surface area contributed by atoms with Crippen molar-refractivity contribution in [1.82, 2.24) is 20.5 Å². The van der Waals surface area contributed by atoms with E-state index in [0.29, 0.717) is 31.7 Å². The van der Waals surface area contributed by atoms with Crippen molar-refractivity contribution < 1.29 is 14.4 Å². The van der Waals surface area contributed by atoms with Gasteiger partial charge in [0.25, 0.3) is 0 Å². The van der Waals surface area contributed by atoms with E-state index in [9.17, 15) is 14.4 Å². The summed E-state index contributed by atoms with van der Waals surface area (Å²) in [6.45, 7) is 5.09. The molecule has 184 valence electrons. The first kappa shape index (κ1) is 23.3. The number of urea groups is 1. The minimum atomic E-state index is -0.412. The lowest BCUT2D eigenvalue weighted by Crippen LogP contribution is -2.62. The topological polar surface area (TPSA) is 103 Å². The average Bonchev–Trinajstić information content (AvgIpc) is 2.77. The van der Waals surface area contributed by atoms with E-state index in [1.54, 1.807) is 6.20 Å². The van der Waals surface area contributed by atoms with Crippen LogP contribution in [0.1, 0.15) is 63.9 Å². The number of anilines is 1. The van der Waals surface area contributed by atoms with Gasteiger partial charge in [-0.05, 0) is 114 Å². The summed E-state index contributed by atoms with van der Waals surface area (Å²) in [7, 11) is 0. The number of rotatable bonds is 5. The highest BCUT2D eigenvalue weighted by Crippen LogP contribution is 2.55. The molecular formula is C26H37N5O3. The van der Waals surface area contributed by atoms with Gasteiger partial charge in [0, 0.05) is 17.7 Å². The van der Waals surface area contributed by atoms with Crippen LogP contribution in [0.25, 0.3) is 0 Å². The molecule has 4 amide bonds. The van der Waals surface area contributed by atoms with E-state index < -0.39 is 6.04 Å². The van der Waals surface area contributed by atoms with Gasteiger partial charge in [0.1, 0.15) is 5.82 Å². The predicted octanol–water partition coefficient (Wildman–Crippen LogP) is 3.22. The number of imide groups is 1. The smallest absolute Gasteiger partial charge is 0.321 e. The summed E-state index contributed by atoms with van der Waals surface area (Å²) in [5.41, 5.74) is 0.937. The lowest BCUT2D eigenvalue weighted by Gasteiger charge is -2.56. The Morgan fingerprint density at radius 1 is 1.06 bits per heavy atom. The Morgan fingerprint density at radius 2 is 1.68 bits per heavy atom. The number of piperidine rings is 1. The van der Waals surface area contributed by atoms with Crippen molar-refractivity contribution in [2.24, 2.45) is 23.7 Å². The molecule has 5 fully saturated rings. The number of carbonyl (C=O) groups is 3. The average molecular weight is 468 g/mol. The number of aryl methyl sites for hydroxylation is 1. The van der Waals surface area contributed by atoms with E-state index in [2.05, 4.69) is 25.8 Å². The second-order valence-electron chi connectivity index (χ2n) is 11.3. The summed E-state index contributed by atoms with van der Waals surface area (Å²) < 4.78 is 0. The molecule has 4 bridgehead atoms. The highest BCUT2D eigenvalue weighted by molar-refractivity contribution is 5.97. The second kappa shape index (κ2) is 9.29. The highest BCUT2D eigenvalue weighted by Gasteiger charge is 2.51. The molecule has 0 radical (unpaired) electrons. The number of nitrogens with one attached hydrogen (secondary N) is 3. The first-order chi connectivity index (χ1) is 16.3. The van der Waals surface area contributed by atoms with Crippen LogP contribution in [0.2, 0.25) is 0 Å². The summed E-state index contributed by atoms with van der Waals surface area (Å²) in [5.74, 6) is 2.39. The molecule has 4 aliphatic carbocycles. The number of hydrogen-bond donors (Lipinski definition) is 3. The van der Waals surface area contributed by atoms with Crippen LogP contribution in [-0.2, 0) is 9.59 Å². The Labute approximate surface area is 201 Å². The SMILES string of the molecule is Cc1ccnc(NC(=O)C2CCN(C(C)C(=O)NC(=O)NC34CC5CC(CC(C5)C3)C4)CC2)c1. The van der Waals surface area contributed by atoms with Gasteiger partial charge in [-0.25, -0.2) is 9.78 Å². The largest absolute Gasteiger partial charge is 0.332 e. The summed E-state index contributed by atoms with van der Waals surface area (Å²) >= 11 is 0. The van der Waals surface area contributed by atoms with Crippen molar-refractivity contribution in [2.75, 3.05) is 18.4 Å². The zero-order chi connectivity index (χ0) is 23.9. The number of hydrogen-bond acceptors (Lipinski definition) is 5. The van der Waals surface area contributed by atoms with E-state index in [4.69, 9.17) is 0 Å². The Bertz CT molecular complexity index is 920. The maximum Gasteiger partial charge on any atom is 0.321 e. The fourth-order valence-corrected chi connectivity index (χ4v) is 7.30. The van der Waals surface area contributed by atoms with Gasteiger partial charge in [-0.2, -0.15) is 0 Å². The van der Waals surface area contributed by atoms with Crippen molar-refractivity contribution in [3.8, 4) is 0 Å². The molecule has 1 unspecified atom stereocenters. The fourth-order valence-electron chi connectivity index (χ4n) is 7.30. The fraction of sp³-hybridized carbons (Fsp3) is 0.692. The van der Waals surface area contributed by atoms with Crippen molar-refractivity contribution >= 4 is 23.7 Å². The van der Waals surface area contributed by atoms with Crippen LogP contribution in [0.3, 0.4) is 0 Å². The van der Waals surface area contributed by atoms with Crippen LogP contribution >= 0.6 is 0 Å². The summed E-state index contributed by atoms with van der Waals surface area (Å²) in [4.78, 5) is 44.5. The third-order valence-electron chi connectivity index (χ3n) is 8.65. The van der Waals surface area contributed by atoms with Crippen molar-refractivity contribution in [3.63, 3.8) is 0 Å². The van der Waals surface area contributed by atoms with Crippen LogP contribution in [0.4, 0.5) is 10.6 Å². The zero-order valence-corrected chi connectivity index (χ0v) is 20.3. The molecule has 1 aliphatic heterocycles. The molecule has 1 atom stereocenters. The number of carbonyl (C=O) groups excluding carboxylic acids is 3. The molecule has 8 nitrogen and oxygen atoms in total. The van der Waals surface area contributed by atoms with E-state index in [-0.39, 0.29) is 29.3 Å². The minimum Gasteiger partial charge on any atom is -0.332 e.